The van der Waals surface area contributed by atoms with Crippen molar-refractivity contribution in [3.05, 3.63) is 83.9 Å². The fourth-order valence-corrected chi connectivity index (χ4v) is 7.13. The normalized spacial score (nSPS) is 20.2. The summed E-state index contributed by atoms with van der Waals surface area (Å²) in [6.07, 6.45) is 0. The van der Waals surface area contributed by atoms with Crippen LogP contribution < -0.4 is 14.4 Å². The van der Waals surface area contributed by atoms with Crippen LogP contribution in [-0.2, 0) is 14.8 Å². The molecule has 5 rings (SSSR count). The van der Waals surface area contributed by atoms with Crippen LogP contribution in [0.1, 0.15) is 17.0 Å². The van der Waals surface area contributed by atoms with Crippen LogP contribution in [0.2, 0.25) is 0 Å². The van der Waals surface area contributed by atoms with Crippen molar-refractivity contribution in [1.29, 1.82) is 0 Å². The van der Waals surface area contributed by atoms with Crippen LogP contribution in [0.5, 0.6) is 11.5 Å². The van der Waals surface area contributed by atoms with Crippen molar-refractivity contribution < 1.29 is 22.7 Å². The molecular formula is C30H35N3O5S. The van der Waals surface area contributed by atoms with Crippen LogP contribution >= 0.6 is 0 Å². The molecule has 0 N–H and O–H groups in total. The summed E-state index contributed by atoms with van der Waals surface area (Å²) >= 11 is 0. The maximum Gasteiger partial charge on any atom is 0.243 e. The zero-order valence-corrected chi connectivity index (χ0v) is 23.4. The fourth-order valence-electron chi connectivity index (χ4n) is 5.64. The van der Waals surface area contributed by atoms with Crippen LogP contribution in [-0.4, -0.2) is 77.0 Å². The van der Waals surface area contributed by atoms with E-state index in [1.807, 2.05) is 41.3 Å². The van der Waals surface area contributed by atoms with E-state index in [-0.39, 0.29) is 29.8 Å². The predicted molar refractivity (Wildman–Crippen MR) is 151 cm³/mol. The number of nitrogens with zero attached hydrogens (tertiary/aromatic N) is 3. The molecule has 39 heavy (non-hydrogen) atoms. The summed E-state index contributed by atoms with van der Waals surface area (Å²) in [5.41, 5.74) is 3.31. The van der Waals surface area contributed by atoms with Crippen molar-refractivity contribution in [2.75, 3.05) is 58.4 Å². The molecule has 3 aromatic rings. The first kappa shape index (κ1) is 27.0. The third kappa shape index (κ3) is 5.46. The van der Waals surface area contributed by atoms with E-state index in [9.17, 15) is 13.2 Å². The van der Waals surface area contributed by atoms with E-state index in [1.54, 1.807) is 38.5 Å². The largest absolute Gasteiger partial charge is 0.497 e. The highest BCUT2D eigenvalue weighted by Gasteiger charge is 2.45. The molecule has 8 nitrogen and oxygen atoms in total. The molecule has 0 aliphatic carbocycles. The molecule has 2 saturated heterocycles. The summed E-state index contributed by atoms with van der Waals surface area (Å²) in [5, 5.41) is 0. The molecule has 0 bridgehead atoms. The first-order valence-corrected chi connectivity index (χ1v) is 14.6. The Balaban J connectivity index is 1.39. The van der Waals surface area contributed by atoms with Crippen LogP contribution in [0, 0.1) is 12.8 Å². The molecule has 0 saturated carbocycles. The van der Waals surface area contributed by atoms with E-state index in [4.69, 9.17) is 9.47 Å². The van der Waals surface area contributed by atoms with Crippen molar-refractivity contribution in [2.24, 2.45) is 5.92 Å². The van der Waals surface area contributed by atoms with Gasteiger partial charge in [0.25, 0.3) is 0 Å². The molecule has 206 valence electrons. The monoisotopic (exact) mass is 549 g/mol. The molecule has 1 amide bonds. The molecule has 2 heterocycles. The average molecular weight is 550 g/mol. The van der Waals surface area contributed by atoms with Gasteiger partial charge in [0, 0.05) is 50.9 Å². The number of sulfonamides is 1. The summed E-state index contributed by atoms with van der Waals surface area (Å²) in [7, 11) is -0.656. The van der Waals surface area contributed by atoms with Gasteiger partial charge in [-0.15, -0.1) is 0 Å². The van der Waals surface area contributed by atoms with Gasteiger partial charge < -0.3 is 19.3 Å². The molecule has 2 unspecified atom stereocenters. The molecule has 2 fully saturated rings. The SMILES string of the molecule is COc1ccc(S(=O)(=O)N2CC(C(=O)N3CCN(c4ccccc4C)CC3)C(c3cccc(OC)c3)C2)cc1. The Morgan fingerprint density at radius 1 is 0.821 bits per heavy atom. The number of carbonyl (C=O) groups is 1. The summed E-state index contributed by atoms with van der Waals surface area (Å²) in [4.78, 5) is 18.4. The van der Waals surface area contributed by atoms with E-state index in [0.29, 0.717) is 24.6 Å². The van der Waals surface area contributed by atoms with Crippen LogP contribution in [0.25, 0.3) is 0 Å². The van der Waals surface area contributed by atoms with Gasteiger partial charge in [0.1, 0.15) is 11.5 Å². The molecule has 2 aliphatic rings. The van der Waals surface area contributed by atoms with Gasteiger partial charge in [0.15, 0.2) is 0 Å². The lowest BCUT2D eigenvalue weighted by atomic mass is 9.87. The Kier molecular flexibility index (Phi) is 7.81. The lowest BCUT2D eigenvalue weighted by Gasteiger charge is -2.38. The number of benzene rings is 3. The minimum Gasteiger partial charge on any atom is -0.497 e. The molecule has 0 aromatic heterocycles. The highest BCUT2D eigenvalue weighted by atomic mass is 32.2. The van der Waals surface area contributed by atoms with Crippen LogP contribution in [0.15, 0.2) is 77.7 Å². The number of anilines is 1. The minimum atomic E-state index is -3.80. The molecule has 0 spiro atoms. The van der Waals surface area contributed by atoms with Gasteiger partial charge in [0.2, 0.25) is 15.9 Å². The maximum atomic E-state index is 14.0. The number of methoxy groups -OCH3 is 2. The minimum absolute atomic E-state index is 0.000292. The zero-order valence-electron chi connectivity index (χ0n) is 22.6. The van der Waals surface area contributed by atoms with Crippen LogP contribution in [0.3, 0.4) is 0 Å². The Morgan fingerprint density at radius 3 is 2.18 bits per heavy atom. The Morgan fingerprint density at radius 2 is 1.51 bits per heavy atom. The third-order valence-corrected chi connectivity index (χ3v) is 9.72. The van der Waals surface area contributed by atoms with E-state index in [0.717, 1.165) is 18.7 Å². The predicted octanol–water partition coefficient (Wildman–Crippen LogP) is 3.77. The number of ether oxygens (including phenoxy) is 2. The quantitative estimate of drug-likeness (QED) is 0.447. The number of amides is 1. The van der Waals surface area contributed by atoms with E-state index < -0.39 is 15.9 Å². The molecular weight excluding hydrogens is 514 g/mol. The number of hydrogen-bond donors (Lipinski definition) is 0. The molecule has 9 heteroatoms. The zero-order chi connectivity index (χ0) is 27.6. The van der Waals surface area contributed by atoms with Gasteiger partial charge in [-0.1, -0.05) is 30.3 Å². The number of aryl methyl sites for hydroxylation is 1. The first-order chi connectivity index (χ1) is 18.8. The second-order valence-corrected chi connectivity index (χ2v) is 12.0. The molecule has 0 radical (unpaired) electrons. The van der Waals surface area contributed by atoms with Gasteiger partial charge in [-0.05, 0) is 60.5 Å². The van der Waals surface area contributed by atoms with Crippen molar-refractivity contribution in [2.45, 2.75) is 17.7 Å². The highest BCUT2D eigenvalue weighted by Crippen LogP contribution is 2.38. The number of hydrogen-bond acceptors (Lipinski definition) is 6. The van der Waals surface area contributed by atoms with Crippen molar-refractivity contribution in [1.82, 2.24) is 9.21 Å². The highest BCUT2D eigenvalue weighted by molar-refractivity contribution is 7.89. The standard InChI is InChI=1S/C30H35N3O5S/c1-22-7-4-5-10-29(22)31-15-17-32(18-16-31)30(34)28-21-33(20-27(28)23-8-6-9-25(19-23)38-3)39(35,36)26-13-11-24(37-2)12-14-26/h4-14,19,27-28H,15-18,20-21H2,1-3H3. The van der Waals surface area contributed by atoms with E-state index in [1.165, 1.54) is 15.6 Å². The number of piperazine rings is 1. The molecule has 3 aromatic carbocycles. The summed E-state index contributed by atoms with van der Waals surface area (Å²) in [6.45, 7) is 5.12. The van der Waals surface area contributed by atoms with Crippen LogP contribution in [0.4, 0.5) is 5.69 Å². The molecule has 2 atom stereocenters. The van der Waals surface area contributed by atoms with Gasteiger partial charge in [-0.25, -0.2) is 8.42 Å². The van der Waals surface area contributed by atoms with Gasteiger partial charge in [0.05, 0.1) is 25.0 Å². The Hall–Kier alpha value is -3.56. The third-order valence-electron chi connectivity index (χ3n) is 7.87. The van der Waals surface area contributed by atoms with Gasteiger partial charge in [-0.2, -0.15) is 4.31 Å². The van der Waals surface area contributed by atoms with Crippen molar-refractivity contribution >= 4 is 21.6 Å². The summed E-state index contributed by atoms with van der Waals surface area (Å²) in [5.74, 6) is 0.495. The number of carbonyl (C=O) groups excluding carboxylic acids is 1. The maximum absolute atomic E-state index is 14.0. The summed E-state index contributed by atoms with van der Waals surface area (Å²) < 4.78 is 39.3. The summed E-state index contributed by atoms with van der Waals surface area (Å²) in [6, 6.07) is 22.3. The lowest BCUT2D eigenvalue weighted by molar-refractivity contribution is -0.135. The average Bonchev–Trinajstić information content (AvgIpc) is 3.44. The van der Waals surface area contributed by atoms with Crippen molar-refractivity contribution in [3.63, 3.8) is 0 Å². The second-order valence-electron chi connectivity index (χ2n) is 10.1. The fraction of sp³-hybridized carbons (Fsp3) is 0.367. The topological polar surface area (TPSA) is 79.4 Å². The van der Waals surface area contributed by atoms with E-state index >= 15 is 0 Å². The molecule has 2 aliphatic heterocycles. The first-order valence-electron chi connectivity index (χ1n) is 13.2. The second kappa shape index (κ2) is 11.3. The smallest absolute Gasteiger partial charge is 0.243 e. The number of para-hydroxylation sites is 1. The van der Waals surface area contributed by atoms with E-state index in [2.05, 4.69) is 24.0 Å². The Labute approximate surface area is 230 Å². The number of rotatable bonds is 7. The van der Waals surface area contributed by atoms with Gasteiger partial charge in [-0.3, -0.25) is 4.79 Å². The Bertz CT molecular complexity index is 1420. The van der Waals surface area contributed by atoms with Crippen molar-refractivity contribution in [3.8, 4) is 11.5 Å². The lowest BCUT2D eigenvalue weighted by Crippen LogP contribution is -2.51. The van der Waals surface area contributed by atoms with Gasteiger partial charge >= 0.3 is 0 Å².